The monoisotopic (exact) mass is 337 g/mol. The minimum atomic E-state index is -0.175. The Bertz CT molecular complexity index is 534. The predicted molar refractivity (Wildman–Crippen MR) is 78.3 cm³/mol. The van der Waals surface area contributed by atoms with Crippen LogP contribution in [0.4, 0.5) is 0 Å². The lowest BCUT2D eigenvalue weighted by molar-refractivity contribution is 0.0914. The van der Waals surface area contributed by atoms with E-state index in [4.69, 9.17) is 5.26 Å². The maximum absolute atomic E-state index is 12.1. The fourth-order valence-corrected chi connectivity index (χ4v) is 2.50. The molecule has 0 bridgehead atoms. The Hall–Kier alpha value is -1.58. The number of rotatable bonds is 3. The summed E-state index contributed by atoms with van der Waals surface area (Å²) in [4.78, 5) is 14.2. The lowest BCUT2D eigenvalue weighted by atomic mass is 10.0. The van der Waals surface area contributed by atoms with Crippen molar-refractivity contribution in [1.29, 1.82) is 5.26 Å². The van der Waals surface area contributed by atoms with E-state index >= 15 is 0 Å². The van der Waals surface area contributed by atoms with E-state index in [1.165, 1.54) is 6.07 Å². The van der Waals surface area contributed by atoms with Gasteiger partial charge in [0.2, 0.25) is 0 Å². The Morgan fingerprint density at radius 2 is 2.20 bits per heavy atom. The van der Waals surface area contributed by atoms with Crippen molar-refractivity contribution in [2.45, 2.75) is 18.9 Å². The van der Waals surface area contributed by atoms with Gasteiger partial charge in [-0.25, -0.2) is 0 Å². The van der Waals surface area contributed by atoms with Crippen LogP contribution in [0.15, 0.2) is 22.7 Å². The Kier molecular flexibility index (Phi) is 4.99. The Labute approximate surface area is 126 Å². The number of amides is 1. The summed E-state index contributed by atoms with van der Waals surface area (Å²) in [6.07, 6.45) is 1.69. The maximum Gasteiger partial charge on any atom is 0.251 e. The van der Waals surface area contributed by atoms with Crippen LogP contribution in [-0.2, 0) is 0 Å². The number of nitrogens with zero attached hydrogens (tertiary/aromatic N) is 2. The standard InChI is InChI=1S/C14H16BrN3O2/c15-12-2-1-10(9-13(12)19)14(20)17-11-3-6-18(7-4-11)8-5-16/h1-2,9,11,19H,3-4,6-8H2,(H,17,20). The van der Waals surface area contributed by atoms with Crippen LogP contribution in [0.1, 0.15) is 23.2 Å². The first-order valence-electron chi connectivity index (χ1n) is 6.49. The molecule has 2 rings (SSSR count). The SMILES string of the molecule is N#CCN1CCC(NC(=O)c2ccc(Br)c(O)c2)CC1. The average molecular weight is 338 g/mol. The summed E-state index contributed by atoms with van der Waals surface area (Å²) >= 11 is 3.18. The molecule has 0 aromatic heterocycles. The van der Waals surface area contributed by atoms with E-state index in [0.717, 1.165) is 25.9 Å². The second kappa shape index (κ2) is 6.73. The summed E-state index contributed by atoms with van der Waals surface area (Å²) in [5, 5.41) is 21.2. The van der Waals surface area contributed by atoms with Crippen LogP contribution < -0.4 is 5.32 Å². The molecule has 0 aliphatic carbocycles. The van der Waals surface area contributed by atoms with Gasteiger partial charge in [-0.1, -0.05) is 0 Å². The number of carbonyl (C=O) groups is 1. The van der Waals surface area contributed by atoms with Crippen LogP contribution in [0.5, 0.6) is 5.75 Å². The molecule has 5 nitrogen and oxygen atoms in total. The number of benzene rings is 1. The Morgan fingerprint density at radius 1 is 1.50 bits per heavy atom. The van der Waals surface area contributed by atoms with Crippen molar-refractivity contribution in [2.24, 2.45) is 0 Å². The highest BCUT2D eigenvalue weighted by Gasteiger charge is 2.21. The molecule has 1 aliphatic heterocycles. The van der Waals surface area contributed by atoms with Gasteiger partial charge in [0.1, 0.15) is 5.75 Å². The van der Waals surface area contributed by atoms with E-state index in [-0.39, 0.29) is 17.7 Å². The van der Waals surface area contributed by atoms with Crippen molar-refractivity contribution >= 4 is 21.8 Å². The minimum Gasteiger partial charge on any atom is -0.507 e. The summed E-state index contributed by atoms with van der Waals surface area (Å²) in [6.45, 7) is 2.09. The van der Waals surface area contributed by atoms with Crippen molar-refractivity contribution < 1.29 is 9.90 Å². The molecule has 6 heteroatoms. The van der Waals surface area contributed by atoms with Crippen molar-refractivity contribution in [3.63, 3.8) is 0 Å². The van der Waals surface area contributed by atoms with Gasteiger partial charge in [-0.2, -0.15) is 5.26 Å². The van der Waals surface area contributed by atoms with Crippen LogP contribution in [0, 0.1) is 11.3 Å². The van der Waals surface area contributed by atoms with Crippen molar-refractivity contribution in [2.75, 3.05) is 19.6 Å². The van der Waals surface area contributed by atoms with Crippen molar-refractivity contribution in [3.8, 4) is 11.8 Å². The lowest BCUT2D eigenvalue weighted by Gasteiger charge is -2.30. The highest BCUT2D eigenvalue weighted by molar-refractivity contribution is 9.10. The summed E-state index contributed by atoms with van der Waals surface area (Å²) in [5.74, 6) is -0.118. The number of likely N-dealkylation sites (tertiary alicyclic amines) is 1. The number of hydrogen-bond donors (Lipinski definition) is 2. The Balaban J connectivity index is 1.89. The number of piperidine rings is 1. The van der Waals surface area contributed by atoms with Gasteiger partial charge in [-0.15, -0.1) is 0 Å². The quantitative estimate of drug-likeness (QED) is 0.825. The fourth-order valence-electron chi connectivity index (χ4n) is 2.26. The van der Waals surface area contributed by atoms with E-state index in [2.05, 4.69) is 32.2 Å². The molecule has 0 radical (unpaired) electrons. The summed E-state index contributed by atoms with van der Waals surface area (Å²) in [5.41, 5.74) is 0.449. The summed E-state index contributed by atoms with van der Waals surface area (Å²) in [7, 11) is 0. The molecule has 1 amide bonds. The third-order valence-corrected chi connectivity index (χ3v) is 4.10. The molecule has 0 spiro atoms. The van der Waals surface area contributed by atoms with Crippen LogP contribution in [-0.4, -0.2) is 41.6 Å². The minimum absolute atomic E-state index is 0.0569. The first kappa shape index (κ1) is 14.8. The number of aromatic hydroxyl groups is 1. The van der Waals surface area contributed by atoms with E-state index in [1.54, 1.807) is 12.1 Å². The van der Waals surface area contributed by atoms with Crippen molar-refractivity contribution in [3.05, 3.63) is 28.2 Å². The first-order valence-corrected chi connectivity index (χ1v) is 7.28. The third-order valence-electron chi connectivity index (χ3n) is 3.43. The van der Waals surface area contributed by atoms with E-state index < -0.39 is 0 Å². The van der Waals surface area contributed by atoms with Gasteiger partial charge in [-0.05, 0) is 47.0 Å². The maximum atomic E-state index is 12.1. The molecule has 1 fully saturated rings. The molecule has 1 aliphatic rings. The zero-order chi connectivity index (χ0) is 14.5. The van der Waals surface area contributed by atoms with Crippen LogP contribution in [0.3, 0.4) is 0 Å². The van der Waals surface area contributed by atoms with Gasteiger partial charge >= 0.3 is 0 Å². The van der Waals surface area contributed by atoms with Gasteiger partial charge in [0.05, 0.1) is 17.1 Å². The second-order valence-electron chi connectivity index (χ2n) is 4.85. The zero-order valence-electron chi connectivity index (χ0n) is 11.0. The number of carbonyl (C=O) groups excluding carboxylic acids is 1. The normalized spacial score (nSPS) is 16.6. The molecule has 0 unspecified atom stereocenters. The molecule has 1 aromatic rings. The molecule has 0 atom stereocenters. The van der Waals surface area contributed by atoms with E-state index in [1.807, 2.05) is 0 Å². The molecule has 1 saturated heterocycles. The van der Waals surface area contributed by atoms with Gasteiger partial charge in [0.25, 0.3) is 5.91 Å². The average Bonchev–Trinajstić information content (AvgIpc) is 2.44. The third kappa shape index (κ3) is 3.71. The Morgan fingerprint density at radius 3 is 2.80 bits per heavy atom. The fraction of sp³-hybridized carbons (Fsp3) is 0.429. The number of nitriles is 1. The molecule has 0 saturated carbocycles. The number of phenolic OH excluding ortho intramolecular Hbond substituents is 1. The summed E-state index contributed by atoms with van der Waals surface area (Å²) < 4.78 is 0.568. The highest BCUT2D eigenvalue weighted by atomic mass is 79.9. The van der Waals surface area contributed by atoms with Crippen LogP contribution in [0.25, 0.3) is 0 Å². The van der Waals surface area contributed by atoms with E-state index in [9.17, 15) is 9.90 Å². The molecule has 2 N–H and O–H groups in total. The molecule has 1 heterocycles. The molecule has 1 aromatic carbocycles. The molecule has 20 heavy (non-hydrogen) atoms. The molecular weight excluding hydrogens is 322 g/mol. The molecular formula is C14H16BrN3O2. The van der Waals surface area contributed by atoms with Gasteiger partial charge < -0.3 is 10.4 Å². The van der Waals surface area contributed by atoms with Crippen molar-refractivity contribution in [1.82, 2.24) is 10.2 Å². The van der Waals surface area contributed by atoms with Gasteiger partial charge in [0, 0.05) is 24.7 Å². The lowest BCUT2D eigenvalue weighted by Crippen LogP contribution is -2.44. The number of hydrogen-bond acceptors (Lipinski definition) is 4. The van der Waals surface area contributed by atoms with Gasteiger partial charge in [-0.3, -0.25) is 9.69 Å². The highest BCUT2D eigenvalue weighted by Crippen LogP contribution is 2.24. The van der Waals surface area contributed by atoms with Crippen LogP contribution >= 0.6 is 15.9 Å². The van der Waals surface area contributed by atoms with Gasteiger partial charge in [0.15, 0.2) is 0 Å². The number of halogens is 1. The zero-order valence-corrected chi connectivity index (χ0v) is 12.6. The first-order chi connectivity index (χ1) is 9.60. The second-order valence-corrected chi connectivity index (χ2v) is 5.70. The smallest absolute Gasteiger partial charge is 0.251 e. The van der Waals surface area contributed by atoms with Crippen LogP contribution in [0.2, 0.25) is 0 Å². The summed E-state index contributed by atoms with van der Waals surface area (Å²) in [6, 6.07) is 7.04. The predicted octanol–water partition coefficient (Wildman–Crippen LogP) is 1.87. The largest absolute Gasteiger partial charge is 0.507 e. The number of phenols is 1. The molecule has 106 valence electrons. The topological polar surface area (TPSA) is 76.4 Å². The number of nitrogens with one attached hydrogen (secondary N) is 1. The van der Waals surface area contributed by atoms with E-state index in [0.29, 0.717) is 16.6 Å².